The Bertz CT molecular complexity index is 258. The van der Waals surface area contributed by atoms with E-state index in [1.807, 2.05) is 0 Å². The Morgan fingerprint density at radius 1 is 1.00 bits per heavy atom. The molecule has 4 nitrogen and oxygen atoms in total. The van der Waals surface area contributed by atoms with Crippen molar-refractivity contribution in [1.29, 1.82) is 0 Å². The molecular formula is C15H32O4Si. The fourth-order valence-electron chi connectivity index (χ4n) is 2.93. The summed E-state index contributed by atoms with van der Waals surface area (Å²) < 4.78 is 23.0. The Morgan fingerprint density at radius 3 is 2.25 bits per heavy atom. The third-order valence-electron chi connectivity index (χ3n) is 4.29. The Kier molecular flexibility index (Phi) is 8.29. The van der Waals surface area contributed by atoms with Crippen LogP contribution in [0.3, 0.4) is 0 Å². The van der Waals surface area contributed by atoms with Crippen molar-refractivity contribution in [2.24, 2.45) is 0 Å². The third kappa shape index (κ3) is 5.11. The quantitative estimate of drug-likeness (QED) is 0.449. The van der Waals surface area contributed by atoms with Crippen LogP contribution in [0.25, 0.3) is 0 Å². The van der Waals surface area contributed by atoms with Gasteiger partial charge in [-0.3, -0.25) is 0 Å². The first-order valence-electron chi connectivity index (χ1n) is 8.01. The molecule has 1 aliphatic heterocycles. The number of unbranched alkanes of at least 4 members (excludes halogenated alkanes) is 5. The summed E-state index contributed by atoms with van der Waals surface area (Å²) in [6.07, 6.45) is 10.6. The van der Waals surface area contributed by atoms with Gasteiger partial charge in [-0.1, -0.05) is 39.0 Å². The molecule has 1 unspecified atom stereocenters. The number of hydrogen-bond acceptors (Lipinski definition) is 4. The van der Waals surface area contributed by atoms with Gasteiger partial charge in [-0.2, -0.15) is 0 Å². The van der Waals surface area contributed by atoms with Crippen LogP contribution in [-0.2, 0) is 18.0 Å². The van der Waals surface area contributed by atoms with Gasteiger partial charge in [0.1, 0.15) is 0 Å². The maximum atomic E-state index is 6.21. The van der Waals surface area contributed by atoms with Crippen LogP contribution in [0, 0.1) is 0 Å². The van der Waals surface area contributed by atoms with Gasteiger partial charge >= 0.3 is 8.80 Å². The van der Waals surface area contributed by atoms with Crippen molar-refractivity contribution in [2.45, 2.75) is 76.5 Å². The maximum absolute atomic E-state index is 6.21. The molecule has 0 aliphatic carbocycles. The van der Waals surface area contributed by atoms with E-state index in [2.05, 4.69) is 6.92 Å². The molecule has 1 atom stereocenters. The summed E-state index contributed by atoms with van der Waals surface area (Å²) >= 11 is 0. The molecule has 1 rings (SSSR count). The lowest BCUT2D eigenvalue weighted by Gasteiger charge is -2.43. The van der Waals surface area contributed by atoms with Gasteiger partial charge < -0.3 is 18.0 Å². The SMILES string of the molecule is CCCCCCCCC1(OC)CCC[Si](OC)(OC)O1. The Hall–Kier alpha value is 0.0569. The van der Waals surface area contributed by atoms with E-state index in [4.69, 9.17) is 18.0 Å². The molecule has 0 aromatic rings. The lowest BCUT2D eigenvalue weighted by atomic mass is 10.0. The molecule has 0 aromatic carbocycles. The second-order valence-corrected chi connectivity index (χ2v) is 8.57. The van der Waals surface area contributed by atoms with Crippen molar-refractivity contribution < 1.29 is 18.0 Å². The van der Waals surface area contributed by atoms with Crippen molar-refractivity contribution in [3.63, 3.8) is 0 Å². The Morgan fingerprint density at radius 2 is 1.65 bits per heavy atom. The number of methoxy groups -OCH3 is 1. The highest BCUT2D eigenvalue weighted by Gasteiger charge is 2.51. The zero-order valence-electron chi connectivity index (χ0n) is 13.7. The van der Waals surface area contributed by atoms with Crippen LogP contribution >= 0.6 is 0 Å². The van der Waals surface area contributed by atoms with E-state index in [1.54, 1.807) is 21.3 Å². The summed E-state index contributed by atoms with van der Waals surface area (Å²) in [4.78, 5) is 0. The van der Waals surface area contributed by atoms with Gasteiger partial charge in [0.25, 0.3) is 0 Å². The summed E-state index contributed by atoms with van der Waals surface area (Å²) in [5.74, 6) is -0.485. The van der Waals surface area contributed by atoms with Crippen LogP contribution in [0.4, 0.5) is 0 Å². The van der Waals surface area contributed by atoms with Gasteiger partial charge in [-0.05, 0) is 12.8 Å². The number of ether oxygens (including phenoxy) is 1. The van der Waals surface area contributed by atoms with E-state index >= 15 is 0 Å². The highest BCUT2D eigenvalue weighted by atomic mass is 28.4. The standard InChI is InChI=1S/C15H32O4Si/c1-5-6-7-8-9-10-12-15(16-2)13-11-14-20(17-3,18-4)19-15/h5-14H2,1-4H3. The molecule has 1 aliphatic rings. The van der Waals surface area contributed by atoms with E-state index in [-0.39, 0.29) is 0 Å². The summed E-state index contributed by atoms with van der Waals surface area (Å²) in [6.45, 7) is 2.25. The molecule has 0 spiro atoms. The first-order valence-corrected chi connectivity index (χ1v) is 9.94. The third-order valence-corrected chi connectivity index (χ3v) is 7.18. The molecule has 0 radical (unpaired) electrons. The average molecular weight is 305 g/mol. The van der Waals surface area contributed by atoms with Crippen LogP contribution in [0.2, 0.25) is 6.04 Å². The zero-order chi connectivity index (χ0) is 14.9. The van der Waals surface area contributed by atoms with Gasteiger partial charge in [0.2, 0.25) is 0 Å². The van der Waals surface area contributed by atoms with Crippen molar-refractivity contribution >= 4 is 8.80 Å². The normalized spacial score (nSPS) is 25.8. The minimum atomic E-state index is -2.49. The topological polar surface area (TPSA) is 36.9 Å². The van der Waals surface area contributed by atoms with Crippen molar-refractivity contribution in [2.75, 3.05) is 21.3 Å². The number of rotatable bonds is 10. The van der Waals surface area contributed by atoms with Crippen molar-refractivity contribution in [3.8, 4) is 0 Å². The monoisotopic (exact) mass is 304 g/mol. The van der Waals surface area contributed by atoms with Crippen LogP contribution in [0.1, 0.15) is 64.7 Å². The number of hydrogen-bond donors (Lipinski definition) is 0. The first kappa shape index (κ1) is 18.1. The molecule has 1 fully saturated rings. The van der Waals surface area contributed by atoms with Crippen LogP contribution in [0.15, 0.2) is 0 Å². The fourth-order valence-corrected chi connectivity index (χ4v) is 5.23. The molecule has 120 valence electrons. The second-order valence-electron chi connectivity index (χ2n) is 5.68. The highest BCUT2D eigenvalue weighted by molar-refractivity contribution is 6.60. The van der Waals surface area contributed by atoms with Gasteiger partial charge in [0.05, 0.1) is 0 Å². The Balaban J connectivity index is 2.42. The lowest BCUT2D eigenvalue weighted by molar-refractivity contribution is -0.211. The van der Waals surface area contributed by atoms with Crippen molar-refractivity contribution in [3.05, 3.63) is 0 Å². The van der Waals surface area contributed by atoms with Crippen molar-refractivity contribution in [1.82, 2.24) is 0 Å². The largest absolute Gasteiger partial charge is 0.502 e. The predicted octanol–water partition coefficient (Wildman–Crippen LogP) is 4.12. The second kappa shape index (κ2) is 9.15. The molecular weight excluding hydrogens is 272 g/mol. The first-order chi connectivity index (χ1) is 9.66. The smallest absolute Gasteiger partial charge is 0.377 e. The lowest BCUT2D eigenvalue weighted by Crippen LogP contribution is -2.56. The molecule has 5 heteroatoms. The maximum Gasteiger partial charge on any atom is 0.502 e. The van der Waals surface area contributed by atoms with E-state index in [9.17, 15) is 0 Å². The predicted molar refractivity (Wildman–Crippen MR) is 82.6 cm³/mol. The van der Waals surface area contributed by atoms with E-state index in [1.165, 1.54) is 32.1 Å². The molecule has 0 bridgehead atoms. The molecule has 0 N–H and O–H groups in total. The van der Waals surface area contributed by atoms with Gasteiger partial charge in [-0.15, -0.1) is 0 Å². The summed E-state index contributed by atoms with van der Waals surface area (Å²) in [6, 6.07) is 0.890. The molecule has 20 heavy (non-hydrogen) atoms. The van der Waals surface area contributed by atoms with E-state index in [0.717, 1.165) is 31.7 Å². The van der Waals surface area contributed by atoms with Crippen LogP contribution in [0.5, 0.6) is 0 Å². The molecule has 1 saturated heterocycles. The van der Waals surface area contributed by atoms with Gasteiger partial charge in [-0.25, -0.2) is 0 Å². The molecule has 0 saturated carbocycles. The van der Waals surface area contributed by atoms with Gasteiger partial charge in [0, 0.05) is 40.2 Å². The minimum absolute atomic E-state index is 0.485. The van der Waals surface area contributed by atoms with E-state index < -0.39 is 14.6 Å². The molecule has 0 aromatic heterocycles. The fraction of sp³-hybridized carbons (Fsp3) is 1.00. The minimum Gasteiger partial charge on any atom is -0.377 e. The highest BCUT2D eigenvalue weighted by Crippen LogP contribution is 2.38. The van der Waals surface area contributed by atoms with Gasteiger partial charge in [0.15, 0.2) is 5.79 Å². The average Bonchev–Trinajstić information content (AvgIpc) is 2.51. The molecule has 0 amide bonds. The summed E-state index contributed by atoms with van der Waals surface area (Å²) in [7, 11) is 2.62. The van der Waals surface area contributed by atoms with Crippen LogP contribution < -0.4 is 0 Å². The van der Waals surface area contributed by atoms with E-state index in [0.29, 0.717) is 0 Å². The van der Waals surface area contributed by atoms with Crippen LogP contribution in [-0.4, -0.2) is 35.9 Å². The molecule has 1 heterocycles. The Labute approximate surface area is 125 Å². The zero-order valence-corrected chi connectivity index (χ0v) is 14.7. The summed E-state index contributed by atoms with van der Waals surface area (Å²) in [5.41, 5.74) is 0. The summed E-state index contributed by atoms with van der Waals surface area (Å²) in [5, 5.41) is 0.